The highest BCUT2D eigenvalue weighted by Gasteiger charge is 2.22. The first kappa shape index (κ1) is 13.3. The van der Waals surface area contributed by atoms with E-state index in [1.165, 1.54) is 38.2 Å². The molecule has 100 valence electrons. The maximum Gasteiger partial charge on any atom is 0.0442 e. The fourth-order valence-electron chi connectivity index (χ4n) is 2.74. The Morgan fingerprint density at radius 2 is 2.17 bits per heavy atom. The summed E-state index contributed by atoms with van der Waals surface area (Å²) in [5.74, 6) is 0. The summed E-state index contributed by atoms with van der Waals surface area (Å²) in [7, 11) is 2.18. The molecule has 1 aromatic heterocycles. The molecule has 0 spiro atoms. The lowest BCUT2D eigenvalue weighted by atomic mass is 10.0. The second-order valence-corrected chi connectivity index (χ2v) is 4.98. The van der Waals surface area contributed by atoms with Gasteiger partial charge in [0.15, 0.2) is 0 Å². The largest absolute Gasteiger partial charge is 0.371 e. The number of nitrogens with two attached hydrogens (primary N) is 1. The van der Waals surface area contributed by atoms with Crippen LogP contribution in [-0.2, 0) is 6.54 Å². The van der Waals surface area contributed by atoms with Gasteiger partial charge in [-0.2, -0.15) is 0 Å². The zero-order chi connectivity index (χ0) is 13.0. The van der Waals surface area contributed by atoms with E-state index in [4.69, 9.17) is 5.73 Å². The predicted molar refractivity (Wildman–Crippen MR) is 75.7 cm³/mol. The van der Waals surface area contributed by atoms with Crippen molar-refractivity contribution in [1.29, 1.82) is 0 Å². The molecule has 0 aromatic carbocycles. The molecule has 18 heavy (non-hydrogen) atoms. The maximum atomic E-state index is 5.79. The van der Waals surface area contributed by atoms with Crippen molar-refractivity contribution in [3.63, 3.8) is 0 Å². The van der Waals surface area contributed by atoms with Crippen molar-refractivity contribution in [2.45, 2.75) is 32.4 Å². The Morgan fingerprint density at radius 1 is 1.44 bits per heavy atom. The molecule has 2 N–H and O–H groups in total. The van der Waals surface area contributed by atoms with Crippen LogP contribution in [0.25, 0.3) is 0 Å². The second-order valence-electron chi connectivity index (χ2n) is 4.98. The number of likely N-dealkylation sites (tertiary alicyclic amines) is 1. The first-order valence-corrected chi connectivity index (χ1v) is 6.84. The molecule has 1 aliphatic heterocycles. The second kappa shape index (κ2) is 6.16. The first-order valence-electron chi connectivity index (χ1n) is 6.84. The highest BCUT2D eigenvalue weighted by atomic mass is 15.2. The molecule has 1 saturated heterocycles. The number of anilines is 1. The van der Waals surface area contributed by atoms with Crippen LogP contribution in [0.2, 0.25) is 0 Å². The predicted octanol–water partition coefficient (Wildman–Crippen LogP) is 1.46. The van der Waals surface area contributed by atoms with E-state index in [1.54, 1.807) is 0 Å². The molecular weight excluding hydrogens is 224 g/mol. The van der Waals surface area contributed by atoms with Crippen LogP contribution in [0.5, 0.6) is 0 Å². The van der Waals surface area contributed by atoms with E-state index >= 15 is 0 Å². The first-order chi connectivity index (χ1) is 8.76. The Labute approximate surface area is 110 Å². The average Bonchev–Trinajstić information content (AvgIpc) is 2.46. The van der Waals surface area contributed by atoms with Gasteiger partial charge in [-0.15, -0.1) is 0 Å². The molecule has 4 nitrogen and oxygen atoms in total. The highest BCUT2D eigenvalue weighted by molar-refractivity contribution is 5.52. The SMILES string of the molecule is CCN1CCC(N(C)c2ccncc2CN)CC1. The van der Waals surface area contributed by atoms with Crippen LogP contribution in [0.15, 0.2) is 18.5 Å². The van der Waals surface area contributed by atoms with Crippen LogP contribution >= 0.6 is 0 Å². The van der Waals surface area contributed by atoms with E-state index < -0.39 is 0 Å². The van der Waals surface area contributed by atoms with E-state index in [1.807, 2.05) is 12.4 Å². The molecule has 0 unspecified atom stereocenters. The summed E-state index contributed by atoms with van der Waals surface area (Å²) < 4.78 is 0. The van der Waals surface area contributed by atoms with Crippen molar-refractivity contribution in [3.05, 3.63) is 24.0 Å². The Bertz CT molecular complexity index is 372. The van der Waals surface area contributed by atoms with Crippen LogP contribution in [0.1, 0.15) is 25.3 Å². The van der Waals surface area contributed by atoms with Crippen molar-refractivity contribution in [1.82, 2.24) is 9.88 Å². The quantitative estimate of drug-likeness (QED) is 0.876. The Hall–Kier alpha value is -1.13. The van der Waals surface area contributed by atoms with Crippen molar-refractivity contribution < 1.29 is 0 Å². The fraction of sp³-hybridized carbons (Fsp3) is 0.643. The number of hydrogen-bond acceptors (Lipinski definition) is 4. The topological polar surface area (TPSA) is 45.4 Å². The molecule has 0 atom stereocenters. The average molecular weight is 248 g/mol. The molecule has 1 aliphatic rings. The summed E-state index contributed by atoms with van der Waals surface area (Å²) in [5, 5.41) is 0. The van der Waals surface area contributed by atoms with Gasteiger partial charge in [0.25, 0.3) is 0 Å². The van der Waals surface area contributed by atoms with E-state index in [0.717, 1.165) is 5.56 Å². The smallest absolute Gasteiger partial charge is 0.0442 e. The minimum absolute atomic E-state index is 0.557. The van der Waals surface area contributed by atoms with Gasteiger partial charge in [0.05, 0.1) is 0 Å². The van der Waals surface area contributed by atoms with Gasteiger partial charge < -0.3 is 15.5 Å². The van der Waals surface area contributed by atoms with Gasteiger partial charge in [0, 0.05) is 56.4 Å². The summed E-state index contributed by atoms with van der Waals surface area (Å²) in [6.45, 7) is 6.36. The van der Waals surface area contributed by atoms with Crippen LogP contribution in [0.3, 0.4) is 0 Å². The van der Waals surface area contributed by atoms with Gasteiger partial charge in [-0.05, 0) is 25.5 Å². The minimum atomic E-state index is 0.557. The van der Waals surface area contributed by atoms with E-state index in [0.29, 0.717) is 12.6 Å². The van der Waals surface area contributed by atoms with Crippen molar-refractivity contribution in [2.24, 2.45) is 5.73 Å². The number of piperidine rings is 1. The molecule has 0 bridgehead atoms. The maximum absolute atomic E-state index is 5.79. The molecule has 0 aliphatic carbocycles. The van der Waals surface area contributed by atoms with Crippen LogP contribution in [-0.4, -0.2) is 42.6 Å². The molecule has 2 heterocycles. The van der Waals surface area contributed by atoms with Gasteiger partial charge in [0.2, 0.25) is 0 Å². The lowest BCUT2D eigenvalue weighted by molar-refractivity contribution is 0.221. The Kier molecular flexibility index (Phi) is 4.55. The van der Waals surface area contributed by atoms with Gasteiger partial charge in [-0.3, -0.25) is 4.98 Å². The zero-order valence-corrected chi connectivity index (χ0v) is 11.5. The van der Waals surface area contributed by atoms with Gasteiger partial charge in [-0.25, -0.2) is 0 Å². The number of pyridine rings is 1. The van der Waals surface area contributed by atoms with E-state index in [9.17, 15) is 0 Å². The molecule has 0 amide bonds. The number of hydrogen-bond donors (Lipinski definition) is 1. The van der Waals surface area contributed by atoms with Crippen LogP contribution in [0.4, 0.5) is 5.69 Å². The molecule has 1 aromatic rings. The third kappa shape index (κ3) is 2.82. The normalized spacial score (nSPS) is 17.9. The van der Waals surface area contributed by atoms with Crippen molar-refractivity contribution >= 4 is 5.69 Å². The molecular formula is C14H24N4. The fourth-order valence-corrected chi connectivity index (χ4v) is 2.74. The van der Waals surface area contributed by atoms with Crippen LogP contribution in [0, 0.1) is 0 Å². The van der Waals surface area contributed by atoms with Crippen LogP contribution < -0.4 is 10.6 Å². The molecule has 1 fully saturated rings. The monoisotopic (exact) mass is 248 g/mol. The molecule has 0 saturated carbocycles. The number of aromatic nitrogens is 1. The molecule has 0 radical (unpaired) electrons. The lowest BCUT2D eigenvalue weighted by Gasteiger charge is -2.38. The highest BCUT2D eigenvalue weighted by Crippen LogP contribution is 2.24. The number of rotatable bonds is 4. The number of nitrogens with zero attached hydrogens (tertiary/aromatic N) is 3. The van der Waals surface area contributed by atoms with E-state index in [2.05, 4.69) is 34.8 Å². The third-order valence-corrected chi connectivity index (χ3v) is 4.03. The minimum Gasteiger partial charge on any atom is -0.371 e. The summed E-state index contributed by atoms with van der Waals surface area (Å²) in [6, 6.07) is 2.70. The Balaban J connectivity index is 2.05. The molecule has 2 rings (SSSR count). The lowest BCUT2D eigenvalue weighted by Crippen LogP contribution is -2.43. The third-order valence-electron chi connectivity index (χ3n) is 4.03. The van der Waals surface area contributed by atoms with E-state index in [-0.39, 0.29) is 0 Å². The van der Waals surface area contributed by atoms with Crippen molar-refractivity contribution in [2.75, 3.05) is 31.6 Å². The summed E-state index contributed by atoms with van der Waals surface area (Å²) in [4.78, 5) is 9.05. The summed E-state index contributed by atoms with van der Waals surface area (Å²) in [6.07, 6.45) is 6.20. The summed E-state index contributed by atoms with van der Waals surface area (Å²) >= 11 is 0. The summed E-state index contributed by atoms with van der Waals surface area (Å²) in [5.41, 5.74) is 8.16. The zero-order valence-electron chi connectivity index (χ0n) is 11.5. The van der Waals surface area contributed by atoms with Crippen molar-refractivity contribution in [3.8, 4) is 0 Å². The van der Waals surface area contributed by atoms with Gasteiger partial charge >= 0.3 is 0 Å². The van der Waals surface area contributed by atoms with Gasteiger partial charge in [0.1, 0.15) is 0 Å². The Morgan fingerprint density at radius 3 is 2.78 bits per heavy atom. The standard InChI is InChI=1S/C14H24N4/c1-3-18-8-5-13(6-9-18)17(2)14-4-7-16-11-12(14)10-15/h4,7,11,13H,3,5-6,8-10,15H2,1-2H3. The van der Waals surface area contributed by atoms with Gasteiger partial charge in [-0.1, -0.05) is 6.92 Å². The molecule has 4 heteroatoms.